The van der Waals surface area contributed by atoms with E-state index in [0.29, 0.717) is 11.7 Å². The first-order chi connectivity index (χ1) is 7.20. The smallest absolute Gasteiger partial charge is 0.180 e. The lowest BCUT2D eigenvalue weighted by Crippen LogP contribution is -1.91. The van der Waals surface area contributed by atoms with Gasteiger partial charge < -0.3 is 10.5 Å². The lowest BCUT2D eigenvalue weighted by molar-refractivity contribution is 0.182. The third-order valence-corrected chi connectivity index (χ3v) is 3.55. The highest BCUT2D eigenvalue weighted by atomic mass is 32.1. The van der Waals surface area contributed by atoms with Gasteiger partial charge in [0.1, 0.15) is 0 Å². The predicted octanol–water partition coefficient (Wildman–Crippen LogP) is 2.30. The van der Waals surface area contributed by atoms with E-state index in [1.807, 2.05) is 12.3 Å². The molecule has 2 N–H and O–H groups in total. The van der Waals surface area contributed by atoms with Crippen LogP contribution in [-0.2, 0) is 11.3 Å². The number of methoxy groups -OCH3 is 1. The molecule has 15 heavy (non-hydrogen) atoms. The molecule has 6 heteroatoms. The second-order valence-electron chi connectivity index (χ2n) is 3.01. The van der Waals surface area contributed by atoms with E-state index in [4.69, 9.17) is 10.5 Å². The molecule has 0 amide bonds. The van der Waals surface area contributed by atoms with Crippen LogP contribution in [0.2, 0.25) is 0 Å². The Kier molecular flexibility index (Phi) is 2.99. The van der Waals surface area contributed by atoms with Gasteiger partial charge >= 0.3 is 0 Å². The minimum atomic E-state index is 0.511. The van der Waals surface area contributed by atoms with Gasteiger partial charge in [0.05, 0.1) is 27.9 Å². The average molecular weight is 241 g/mol. The average Bonchev–Trinajstić information content (AvgIpc) is 2.73. The number of aryl methyl sites for hydroxylation is 1. The van der Waals surface area contributed by atoms with Crippen LogP contribution in [0, 0.1) is 6.92 Å². The van der Waals surface area contributed by atoms with Crippen molar-refractivity contribution in [2.45, 2.75) is 13.5 Å². The van der Waals surface area contributed by atoms with Crippen molar-refractivity contribution in [1.29, 1.82) is 0 Å². The maximum atomic E-state index is 5.61. The Morgan fingerprint density at radius 2 is 2.27 bits per heavy atom. The second-order valence-corrected chi connectivity index (χ2v) is 5.11. The Hall–Kier alpha value is -0.980. The minimum Gasteiger partial charge on any atom is -0.378 e. The highest BCUT2D eigenvalue weighted by Crippen LogP contribution is 2.31. The molecule has 0 radical (unpaired) electrons. The third kappa shape index (κ3) is 2.17. The largest absolute Gasteiger partial charge is 0.378 e. The van der Waals surface area contributed by atoms with Crippen LogP contribution in [-0.4, -0.2) is 17.1 Å². The quantitative estimate of drug-likeness (QED) is 0.895. The molecule has 0 fully saturated rings. The molecular formula is C9H11N3OS2. The highest BCUT2D eigenvalue weighted by molar-refractivity contribution is 7.16. The van der Waals surface area contributed by atoms with Crippen LogP contribution in [0.5, 0.6) is 0 Å². The van der Waals surface area contributed by atoms with E-state index < -0.39 is 0 Å². The number of nitrogen functional groups attached to an aromatic ring is 1. The number of aromatic nitrogens is 2. The number of hydrogen-bond donors (Lipinski definition) is 1. The number of nitrogens with two attached hydrogens (primary N) is 1. The van der Waals surface area contributed by atoms with Crippen LogP contribution < -0.4 is 5.73 Å². The lowest BCUT2D eigenvalue weighted by atomic mass is 10.3. The van der Waals surface area contributed by atoms with Gasteiger partial charge in [0, 0.05) is 12.5 Å². The molecule has 0 aromatic carbocycles. The van der Waals surface area contributed by atoms with Crippen molar-refractivity contribution in [3.63, 3.8) is 0 Å². The summed E-state index contributed by atoms with van der Waals surface area (Å²) in [6, 6.07) is 0. The van der Waals surface area contributed by atoms with E-state index >= 15 is 0 Å². The van der Waals surface area contributed by atoms with Gasteiger partial charge in [-0.15, -0.1) is 22.7 Å². The first kappa shape index (κ1) is 10.5. The van der Waals surface area contributed by atoms with Gasteiger partial charge in [-0.1, -0.05) is 0 Å². The predicted molar refractivity (Wildman–Crippen MR) is 63.1 cm³/mol. The van der Waals surface area contributed by atoms with Crippen molar-refractivity contribution in [3.8, 4) is 10.6 Å². The van der Waals surface area contributed by atoms with Gasteiger partial charge in [-0.3, -0.25) is 0 Å². The van der Waals surface area contributed by atoms with Gasteiger partial charge in [-0.2, -0.15) is 0 Å². The Bertz CT molecular complexity index is 464. The molecule has 2 rings (SSSR count). The normalized spacial score (nSPS) is 10.8. The van der Waals surface area contributed by atoms with Crippen molar-refractivity contribution in [2.75, 3.05) is 12.8 Å². The fourth-order valence-electron chi connectivity index (χ4n) is 1.30. The summed E-state index contributed by atoms with van der Waals surface area (Å²) in [7, 11) is 1.66. The highest BCUT2D eigenvalue weighted by Gasteiger charge is 2.13. The zero-order chi connectivity index (χ0) is 10.8. The number of ether oxygens (including phenoxy) is 1. The Balaban J connectivity index is 2.42. The maximum Gasteiger partial charge on any atom is 0.180 e. The van der Waals surface area contributed by atoms with E-state index in [-0.39, 0.29) is 0 Å². The van der Waals surface area contributed by atoms with Crippen LogP contribution >= 0.6 is 22.7 Å². The molecule has 4 nitrogen and oxygen atoms in total. The van der Waals surface area contributed by atoms with Crippen molar-refractivity contribution in [1.82, 2.24) is 9.97 Å². The Labute approximate surface area is 95.8 Å². The molecule has 0 atom stereocenters. The summed E-state index contributed by atoms with van der Waals surface area (Å²) in [4.78, 5) is 9.71. The molecule has 2 aromatic rings. The molecule has 2 heterocycles. The number of rotatable bonds is 3. The molecule has 2 aromatic heterocycles. The fraction of sp³-hybridized carbons (Fsp3) is 0.333. The van der Waals surface area contributed by atoms with E-state index in [2.05, 4.69) is 9.97 Å². The fourth-order valence-corrected chi connectivity index (χ4v) is 2.81. The SMILES string of the molecule is COCc1nc(C)sc1-c1csc(N)n1. The molecule has 0 bridgehead atoms. The van der Waals surface area contributed by atoms with Crippen LogP contribution in [0.15, 0.2) is 5.38 Å². The van der Waals surface area contributed by atoms with Crippen molar-refractivity contribution < 1.29 is 4.74 Å². The van der Waals surface area contributed by atoms with E-state index in [9.17, 15) is 0 Å². The van der Waals surface area contributed by atoms with E-state index in [1.54, 1.807) is 18.4 Å². The number of hydrogen-bond acceptors (Lipinski definition) is 6. The van der Waals surface area contributed by atoms with Crippen molar-refractivity contribution in [2.24, 2.45) is 0 Å². The molecular weight excluding hydrogens is 230 g/mol. The molecule has 0 saturated carbocycles. The summed E-state index contributed by atoms with van der Waals surface area (Å²) in [5.74, 6) is 0. The lowest BCUT2D eigenvalue weighted by Gasteiger charge is -1.96. The van der Waals surface area contributed by atoms with E-state index in [0.717, 1.165) is 21.3 Å². The van der Waals surface area contributed by atoms with Crippen LogP contribution in [0.25, 0.3) is 10.6 Å². The molecule has 0 unspecified atom stereocenters. The zero-order valence-corrected chi connectivity index (χ0v) is 10.1. The number of anilines is 1. The summed E-state index contributed by atoms with van der Waals surface area (Å²) in [5.41, 5.74) is 7.44. The van der Waals surface area contributed by atoms with Crippen molar-refractivity contribution >= 4 is 27.8 Å². The molecule has 80 valence electrons. The molecule has 0 spiro atoms. The van der Waals surface area contributed by atoms with Gasteiger partial charge in [-0.25, -0.2) is 9.97 Å². The minimum absolute atomic E-state index is 0.511. The number of nitrogens with zero attached hydrogens (tertiary/aromatic N) is 2. The molecule has 0 saturated heterocycles. The van der Waals surface area contributed by atoms with Crippen LogP contribution in [0.4, 0.5) is 5.13 Å². The van der Waals surface area contributed by atoms with Gasteiger partial charge in [0.2, 0.25) is 0 Å². The molecule has 0 aliphatic heterocycles. The molecule has 0 aliphatic rings. The topological polar surface area (TPSA) is 61.0 Å². The maximum absolute atomic E-state index is 5.61. The van der Waals surface area contributed by atoms with Gasteiger partial charge in [-0.05, 0) is 6.92 Å². The van der Waals surface area contributed by atoms with Crippen LogP contribution in [0.1, 0.15) is 10.7 Å². The molecule has 0 aliphatic carbocycles. The van der Waals surface area contributed by atoms with Crippen molar-refractivity contribution in [3.05, 3.63) is 16.1 Å². The first-order valence-electron chi connectivity index (χ1n) is 4.37. The third-order valence-electron chi connectivity index (χ3n) is 1.84. The summed E-state index contributed by atoms with van der Waals surface area (Å²) in [5, 5.41) is 3.55. The Morgan fingerprint density at radius 3 is 2.87 bits per heavy atom. The van der Waals surface area contributed by atoms with Crippen LogP contribution in [0.3, 0.4) is 0 Å². The van der Waals surface area contributed by atoms with Gasteiger partial charge in [0.25, 0.3) is 0 Å². The van der Waals surface area contributed by atoms with Gasteiger partial charge in [0.15, 0.2) is 5.13 Å². The zero-order valence-electron chi connectivity index (χ0n) is 8.48. The summed E-state index contributed by atoms with van der Waals surface area (Å²) >= 11 is 3.06. The summed E-state index contributed by atoms with van der Waals surface area (Å²) in [6.45, 7) is 2.49. The second kappa shape index (κ2) is 4.26. The monoisotopic (exact) mass is 241 g/mol. The Morgan fingerprint density at radius 1 is 1.47 bits per heavy atom. The standard InChI is InChI=1S/C9H11N3OS2/c1-5-11-6(3-13-2)8(15-5)7-4-14-9(10)12-7/h4H,3H2,1-2H3,(H2,10,12). The summed E-state index contributed by atoms with van der Waals surface area (Å²) in [6.07, 6.45) is 0. The number of thiazole rings is 2. The van der Waals surface area contributed by atoms with E-state index in [1.165, 1.54) is 11.3 Å². The first-order valence-corrected chi connectivity index (χ1v) is 6.07. The summed E-state index contributed by atoms with van der Waals surface area (Å²) < 4.78 is 5.10.